The first-order chi connectivity index (χ1) is 18.0. The van der Waals surface area contributed by atoms with Crippen LogP contribution >= 0.6 is 22.7 Å². The van der Waals surface area contributed by atoms with Crippen LogP contribution in [0.15, 0.2) is 17.5 Å². The minimum absolute atomic E-state index is 0.0200. The fourth-order valence-electron chi connectivity index (χ4n) is 6.13. The second-order valence-electron chi connectivity index (χ2n) is 10.2. The number of aromatic amines is 1. The van der Waals surface area contributed by atoms with Gasteiger partial charge in [-0.1, -0.05) is 5.21 Å². The molecule has 37 heavy (non-hydrogen) atoms. The average Bonchev–Trinajstić information content (AvgIpc) is 3.43. The molecule has 6 rings (SSSR count). The van der Waals surface area contributed by atoms with Crippen molar-refractivity contribution in [3.8, 4) is 6.07 Å². The Labute approximate surface area is 222 Å². The fraction of sp³-hybridized carbons (Fsp3) is 0.520. The third-order valence-electron chi connectivity index (χ3n) is 7.93. The van der Waals surface area contributed by atoms with Gasteiger partial charge in [-0.15, -0.1) is 32.9 Å². The standard InChI is InChI=1S/C25H28N8O2S2/c1-13(28-12-20(34)33-17(11-26)7-16-8-18(16)33)10-25(24-29-31-32-30-24)21-14(5-6-36-21)3-4-15-9-19(23(35)27-2)37-22(15)25/h5-6,9,13,16-18,28H,3-4,7-8,10,12H2,1-2H3,(H,27,35)(H,29,30,31,32)/t13-,16-,17?,18+,25?/m1/s1. The summed E-state index contributed by atoms with van der Waals surface area (Å²) in [5, 5.41) is 33.3. The molecule has 192 valence electrons. The quantitative estimate of drug-likeness (QED) is 0.420. The largest absolute Gasteiger partial charge is 0.354 e. The predicted octanol–water partition coefficient (Wildman–Crippen LogP) is 2.00. The number of piperidine rings is 1. The number of carbonyl (C=O) groups is 2. The van der Waals surface area contributed by atoms with Crippen LogP contribution < -0.4 is 10.6 Å². The predicted molar refractivity (Wildman–Crippen MR) is 138 cm³/mol. The number of amides is 2. The molecule has 1 aliphatic heterocycles. The number of hydrogen-bond donors (Lipinski definition) is 3. The number of rotatable bonds is 7. The molecule has 3 aromatic rings. The molecule has 2 fully saturated rings. The minimum Gasteiger partial charge on any atom is -0.354 e. The minimum atomic E-state index is -0.709. The Bertz CT molecular complexity index is 1380. The van der Waals surface area contributed by atoms with Crippen LogP contribution in [0.2, 0.25) is 0 Å². The van der Waals surface area contributed by atoms with Crippen molar-refractivity contribution < 1.29 is 9.59 Å². The first-order valence-corrected chi connectivity index (χ1v) is 14.3. The number of nitrogens with one attached hydrogen (secondary N) is 3. The first-order valence-electron chi connectivity index (χ1n) is 12.6. The lowest BCUT2D eigenvalue weighted by Gasteiger charge is -2.33. The van der Waals surface area contributed by atoms with Gasteiger partial charge in [0.05, 0.1) is 17.5 Å². The summed E-state index contributed by atoms with van der Waals surface area (Å²) in [6.45, 7) is 2.23. The number of fused-ring (bicyclic) bond motifs is 3. The van der Waals surface area contributed by atoms with E-state index in [-0.39, 0.29) is 36.5 Å². The van der Waals surface area contributed by atoms with Crippen LogP contribution in [-0.2, 0) is 23.1 Å². The number of likely N-dealkylation sites (tertiary alicyclic amines) is 1. The second kappa shape index (κ2) is 9.31. The number of nitriles is 1. The molecule has 2 unspecified atom stereocenters. The van der Waals surface area contributed by atoms with E-state index in [1.807, 2.05) is 6.07 Å². The maximum atomic E-state index is 13.1. The van der Waals surface area contributed by atoms with E-state index in [1.165, 1.54) is 16.9 Å². The number of carbonyl (C=O) groups excluding carboxylic acids is 2. The smallest absolute Gasteiger partial charge is 0.261 e. The summed E-state index contributed by atoms with van der Waals surface area (Å²) in [5.41, 5.74) is 1.66. The number of tetrazole rings is 1. The van der Waals surface area contributed by atoms with Crippen molar-refractivity contribution in [2.45, 2.75) is 62.6 Å². The van der Waals surface area contributed by atoms with Crippen molar-refractivity contribution in [3.05, 3.63) is 49.1 Å². The van der Waals surface area contributed by atoms with Crippen LogP contribution in [0.5, 0.6) is 0 Å². The van der Waals surface area contributed by atoms with Gasteiger partial charge in [-0.05, 0) is 73.6 Å². The van der Waals surface area contributed by atoms with E-state index in [9.17, 15) is 14.9 Å². The Balaban J connectivity index is 1.34. The molecule has 1 saturated heterocycles. The van der Waals surface area contributed by atoms with Gasteiger partial charge in [0.1, 0.15) is 11.5 Å². The molecule has 5 atom stereocenters. The topological polar surface area (TPSA) is 140 Å². The van der Waals surface area contributed by atoms with Crippen molar-refractivity contribution >= 4 is 34.5 Å². The van der Waals surface area contributed by atoms with Crippen molar-refractivity contribution in [2.24, 2.45) is 5.92 Å². The Hall–Kier alpha value is -3.14. The molecular weight excluding hydrogens is 508 g/mol. The molecule has 2 aliphatic carbocycles. The maximum Gasteiger partial charge on any atom is 0.261 e. The van der Waals surface area contributed by atoms with Crippen LogP contribution in [0.1, 0.15) is 62.6 Å². The summed E-state index contributed by atoms with van der Waals surface area (Å²) >= 11 is 3.16. The van der Waals surface area contributed by atoms with Gasteiger partial charge in [0.2, 0.25) is 5.91 Å². The van der Waals surface area contributed by atoms with Crippen LogP contribution in [0.25, 0.3) is 0 Å². The lowest BCUT2D eigenvalue weighted by Crippen LogP contribution is -2.46. The summed E-state index contributed by atoms with van der Waals surface area (Å²) in [4.78, 5) is 30.4. The fourth-order valence-corrected chi connectivity index (χ4v) is 8.72. The zero-order chi connectivity index (χ0) is 25.7. The van der Waals surface area contributed by atoms with Crippen molar-refractivity contribution in [1.82, 2.24) is 36.2 Å². The molecule has 0 aromatic carbocycles. The van der Waals surface area contributed by atoms with Gasteiger partial charge in [-0.3, -0.25) is 9.59 Å². The van der Waals surface area contributed by atoms with Gasteiger partial charge in [0.25, 0.3) is 5.91 Å². The number of nitrogens with zero attached hydrogens (tertiary/aromatic N) is 5. The Morgan fingerprint density at radius 2 is 2.16 bits per heavy atom. The lowest BCUT2D eigenvalue weighted by atomic mass is 9.76. The molecule has 0 radical (unpaired) electrons. The van der Waals surface area contributed by atoms with Gasteiger partial charge in [-0.2, -0.15) is 10.5 Å². The highest BCUT2D eigenvalue weighted by Gasteiger charge is 2.54. The summed E-state index contributed by atoms with van der Waals surface area (Å²) in [6.07, 6.45) is 4.07. The second-order valence-corrected chi connectivity index (χ2v) is 12.2. The highest BCUT2D eigenvalue weighted by Crippen LogP contribution is 2.51. The van der Waals surface area contributed by atoms with Crippen LogP contribution in [0.4, 0.5) is 0 Å². The summed E-state index contributed by atoms with van der Waals surface area (Å²) in [7, 11) is 1.64. The van der Waals surface area contributed by atoms with E-state index in [1.54, 1.807) is 23.3 Å². The molecule has 4 heterocycles. The average molecular weight is 537 g/mol. The van der Waals surface area contributed by atoms with E-state index in [0.29, 0.717) is 23.0 Å². The lowest BCUT2D eigenvalue weighted by molar-refractivity contribution is -0.131. The first kappa shape index (κ1) is 24.2. The van der Waals surface area contributed by atoms with Crippen LogP contribution in [-0.4, -0.2) is 69.1 Å². The number of thiophene rings is 2. The molecule has 3 aromatic heterocycles. The van der Waals surface area contributed by atoms with E-state index in [4.69, 9.17) is 0 Å². The highest BCUT2D eigenvalue weighted by molar-refractivity contribution is 7.15. The third kappa shape index (κ3) is 3.96. The third-order valence-corrected chi connectivity index (χ3v) is 10.4. The molecule has 10 nitrogen and oxygen atoms in total. The van der Waals surface area contributed by atoms with Crippen LogP contribution in [0, 0.1) is 17.2 Å². The van der Waals surface area contributed by atoms with Gasteiger partial charge in [0, 0.05) is 28.9 Å². The molecule has 3 aliphatic rings. The van der Waals surface area contributed by atoms with E-state index >= 15 is 0 Å². The van der Waals surface area contributed by atoms with E-state index in [2.05, 4.69) is 55.7 Å². The molecule has 0 spiro atoms. The monoisotopic (exact) mass is 536 g/mol. The molecular formula is C25H28N8O2S2. The van der Waals surface area contributed by atoms with Crippen molar-refractivity contribution in [3.63, 3.8) is 0 Å². The highest BCUT2D eigenvalue weighted by atomic mass is 32.1. The zero-order valence-electron chi connectivity index (χ0n) is 20.7. The summed E-state index contributed by atoms with van der Waals surface area (Å²) in [5.74, 6) is 0.921. The molecule has 2 amide bonds. The van der Waals surface area contributed by atoms with Gasteiger partial charge >= 0.3 is 0 Å². The zero-order valence-corrected chi connectivity index (χ0v) is 22.3. The van der Waals surface area contributed by atoms with Crippen LogP contribution in [0.3, 0.4) is 0 Å². The Morgan fingerprint density at radius 1 is 1.32 bits per heavy atom. The number of hydrogen-bond acceptors (Lipinski definition) is 9. The molecule has 1 saturated carbocycles. The number of aromatic nitrogens is 4. The Morgan fingerprint density at radius 3 is 2.92 bits per heavy atom. The molecule has 0 bridgehead atoms. The Kier molecular flexibility index (Phi) is 6.09. The van der Waals surface area contributed by atoms with Gasteiger partial charge < -0.3 is 15.5 Å². The SMILES string of the molecule is CNC(=O)c1cc2c(s1)C(C[C@@H](C)NCC(=O)N1C(C#N)C[C@@H]3C[C@@H]31)(c1nn[nH]n1)c1sccc1CC2. The summed E-state index contributed by atoms with van der Waals surface area (Å²) < 4.78 is 0. The maximum absolute atomic E-state index is 13.1. The molecule has 12 heteroatoms. The summed E-state index contributed by atoms with van der Waals surface area (Å²) in [6, 6.07) is 6.28. The number of H-pyrrole nitrogens is 1. The van der Waals surface area contributed by atoms with Crippen molar-refractivity contribution in [2.75, 3.05) is 13.6 Å². The van der Waals surface area contributed by atoms with E-state index < -0.39 is 5.41 Å². The normalized spacial score (nSPS) is 26.4. The van der Waals surface area contributed by atoms with Gasteiger partial charge in [0.15, 0.2) is 5.82 Å². The number of aryl methyl sites for hydroxylation is 2. The van der Waals surface area contributed by atoms with Crippen molar-refractivity contribution in [1.29, 1.82) is 5.26 Å². The van der Waals surface area contributed by atoms with Gasteiger partial charge in [-0.25, -0.2) is 0 Å². The van der Waals surface area contributed by atoms with E-state index in [0.717, 1.165) is 41.0 Å². The molecule has 3 N–H and O–H groups in total.